The highest BCUT2D eigenvalue weighted by Crippen LogP contribution is 2.43. The summed E-state index contributed by atoms with van der Waals surface area (Å²) in [7, 11) is 0. The fourth-order valence-electron chi connectivity index (χ4n) is 2.50. The maximum Gasteiger partial charge on any atom is 0.337 e. The first-order valence-corrected chi connectivity index (χ1v) is 5.74. The van der Waals surface area contributed by atoms with Crippen molar-refractivity contribution in [2.24, 2.45) is 0 Å². The second-order valence-corrected chi connectivity index (χ2v) is 4.25. The molecule has 0 radical (unpaired) electrons. The molecule has 4 nitrogen and oxygen atoms in total. The smallest absolute Gasteiger partial charge is 0.337 e. The van der Waals surface area contributed by atoms with E-state index in [4.69, 9.17) is 9.47 Å². The minimum atomic E-state index is -1.10. The van der Waals surface area contributed by atoms with Crippen LogP contribution in [0.15, 0.2) is 11.1 Å². The molecule has 2 rings (SSSR count). The summed E-state index contributed by atoms with van der Waals surface area (Å²) in [5, 5.41) is 0. The van der Waals surface area contributed by atoms with Crippen molar-refractivity contribution < 1.29 is 19.1 Å². The minimum Gasteiger partial charge on any atom is -0.418 e. The second kappa shape index (κ2) is 3.92. The number of rotatable bonds is 2. The number of carbonyl (C=O) groups excluding carboxylic acids is 2. The van der Waals surface area contributed by atoms with Gasteiger partial charge in [0, 0.05) is 24.5 Å². The molecule has 0 fully saturated rings. The van der Waals surface area contributed by atoms with E-state index in [0.29, 0.717) is 6.42 Å². The van der Waals surface area contributed by atoms with E-state index in [0.717, 1.165) is 36.8 Å². The molecule has 0 saturated carbocycles. The molecule has 1 aliphatic carbocycles. The Morgan fingerprint density at radius 1 is 1.44 bits per heavy atom. The van der Waals surface area contributed by atoms with Crippen LogP contribution in [-0.4, -0.2) is 17.7 Å². The first-order valence-electron chi connectivity index (χ1n) is 5.74. The largest absolute Gasteiger partial charge is 0.418 e. The number of carbonyl (C=O) groups is 2. The molecule has 0 aromatic rings. The van der Waals surface area contributed by atoms with Gasteiger partial charge in [-0.1, -0.05) is 6.92 Å². The topological polar surface area (TPSA) is 52.6 Å². The van der Waals surface area contributed by atoms with Gasteiger partial charge < -0.3 is 9.47 Å². The Labute approximate surface area is 94.6 Å². The van der Waals surface area contributed by atoms with Gasteiger partial charge in [0.1, 0.15) is 0 Å². The monoisotopic (exact) mass is 224 g/mol. The van der Waals surface area contributed by atoms with Crippen molar-refractivity contribution in [3.63, 3.8) is 0 Å². The van der Waals surface area contributed by atoms with Gasteiger partial charge in [-0.2, -0.15) is 0 Å². The van der Waals surface area contributed by atoms with E-state index in [1.165, 1.54) is 6.92 Å². The van der Waals surface area contributed by atoms with Crippen LogP contribution in [0.5, 0.6) is 0 Å². The van der Waals surface area contributed by atoms with Crippen molar-refractivity contribution >= 4 is 11.9 Å². The minimum absolute atomic E-state index is 0.308. The molecule has 1 heterocycles. The third-order valence-corrected chi connectivity index (χ3v) is 3.21. The molecule has 0 bridgehead atoms. The van der Waals surface area contributed by atoms with Crippen molar-refractivity contribution in [2.75, 3.05) is 0 Å². The summed E-state index contributed by atoms with van der Waals surface area (Å²) in [4.78, 5) is 22.8. The molecular formula is C12H16O4. The fraction of sp³-hybridized carbons (Fsp3) is 0.667. The quantitative estimate of drug-likeness (QED) is 0.674. The van der Waals surface area contributed by atoms with Crippen molar-refractivity contribution in [1.29, 1.82) is 0 Å². The maximum atomic E-state index is 11.7. The average Bonchev–Trinajstić information content (AvgIpc) is 2.53. The zero-order chi connectivity index (χ0) is 11.8. The number of esters is 2. The summed E-state index contributed by atoms with van der Waals surface area (Å²) >= 11 is 0. The molecule has 4 heteroatoms. The van der Waals surface area contributed by atoms with Crippen LogP contribution >= 0.6 is 0 Å². The lowest BCUT2D eigenvalue weighted by atomic mass is 9.88. The van der Waals surface area contributed by atoms with Gasteiger partial charge in [-0.05, 0) is 25.7 Å². The molecule has 88 valence electrons. The van der Waals surface area contributed by atoms with Gasteiger partial charge in [0.05, 0.1) is 0 Å². The van der Waals surface area contributed by atoms with E-state index in [-0.39, 0.29) is 5.97 Å². The summed E-state index contributed by atoms with van der Waals surface area (Å²) in [5.41, 5.74) is 1.62. The van der Waals surface area contributed by atoms with E-state index in [1.807, 2.05) is 6.92 Å². The number of ether oxygens (including phenoxy) is 2. The molecule has 0 aromatic carbocycles. The molecule has 0 saturated heterocycles. The van der Waals surface area contributed by atoms with Crippen LogP contribution < -0.4 is 0 Å². The fourth-order valence-corrected chi connectivity index (χ4v) is 2.50. The first kappa shape index (κ1) is 11.2. The lowest BCUT2D eigenvalue weighted by Crippen LogP contribution is -2.36. The molecule has 1 atom stereocenters. The summed E-state index contributed by atoms with van der Waals surface area (Å²) in [6.45, 7) is 3.20. The Hall–Kier alpha value is -1.32. The van der Waals surface area contributed by atoms with Crippen LogP contribution in [0.25, 0.3) is 0 Å². The number of hydrogen-bond acceptors (Lipinski definition) is 4. The summed E-state index contributed by atoms with van der Waals surface area (Å²) in [5.74, 6) is -1.81. The van der Waals surface area contributed by atoms with Crippen LogP contribution in [0.2, 0.25) is 0 Å². The SMILES string of the molecule is CCC1(OC(C)=O)OC(=O)C2=C1CCCC2. The zero-order valence-corrected chi connectivity index (χ0v) is 9.67. The van der Waals surface area contributed by atoms with Crippen LogP contribution in [0.3, 0.4) is 0 Å². The molecular weight excluding hydrogens is 208 g/mol. The van der Waals surface area contributed by atoms with Crippen molar-refractivity contribution in [3.05, 3.63) is 11.1 Å². The average molecular weight is 224 g/mol. The maximum absolute atomic E-state index is 11.7. The van der Waals surface area contributed by atoms with E-state index in [9.17, 15) is 9.59 Å². The van der Waals surface area contributed by atoms with Crippen LogP contribution in [0.4, 0.5) is 0 Å². The summed E-state index contributed by atoms with van der Waals surface area (Å²) < 4.78 is 10.5. The van der Waals surface area contributed by atoms with Crippen molar-refractivity contribution in [1.82, 2.24) is 0 Å². The van der Waals surface area contributed by atoms with Crippen molar-refractivity contribution in [3.8, 4) is 0 Å². The molecule has 1 aliphatic heterocycles. The second-order valence-electron chi connectivity index (χ2n) is 4.25. The van der Waals surface area contributed by atoms with Gasteiger partial charge in [0.2, 0.25) is 0 Å². The summed E-state index contributed by atoms with van der Waals surface area (Å²) in [6, 6.07) is 0. The summed E-state index contributed by atoms with van der Waals surface area (Å²) in [6.07, 6.45) is 4.06. The third-order valence-electron chi connectivity index (χ3n) is 3.21. The molecule has 16 heavy (non-hydrogen) atoms. The van der Waals surface area contributed by atoms with Gasteiger partial charge in [-0.25, -0.2) is 4.79 Å². The van der Waals surface area contributed by atoms with E-state index in [2.05, 4.69) is 0 Å². The Morgan fingerprint density at radius 3 is 2.75 bits per heavy atom. The Morgan fingerprint density at radius 2 is 2.12 bits per heavy atom. The van der Waals surface area contributed by atoms with Gasteiger partial charge in [0.25, 0.3) is 5.79 Å². The van der Waals surface area contributed by atoms with E-state index >= 15 is 0 Å². The molecule has 0 aromatic heterocycles. The standard InChI is InChI=1S/C12H16O4/c1-3-12(15-8(2)13)10-7-5-4-6-9(10)11(14)16-12/h3-7H2,1-2H3. The molecule has 1 unspecified atom stereocenters. The highest BCUT2D eigenvalue weighted by molar-refractivity contribution is 5.93. The third kappa shape index (κ3) is 1.62. The highest BCUT2D eigenvalue weighted by atomic mass is 16.7. The van der Waals surface area contributed by atoms with E-state index < -0.39 is 11.8 Å². The van der Waals surface area contributed by atoms with Crippen LogP contribution in [0.1, 0.15) is 46.0 Å². The van der Waals surface area contributed by atoms with Gasteiger partial charge in [0.15, 0.2) is 0 Å². The van der Waals surface area contributed by atoms with E-state index in [1.54, 1.807) is 0 Å². The number of hydrogen-bond donors (Lipinski definition) is 0. The lowest BCUT2D eigenvalue weighted by Gasteiger charge is -2.29. The van der Waals surface area contributed by atoms with Gasteiger partial charge in [-0.15, -0.1) is 0 Å². The normalized spacial score (nSPS) is 28.8. The van der Waals surface area contributed by atoms with Crippen LogP contribution in [0, 0.1) is 0 Å². The Balaban J connectivity index is 2.37. The first-order chi connectivity index (χ1) is 7.59. The number of cyclic esters (lactones) is 1. The highest BCUT2D eigenvalue weighted by Gasteiger charge is 2.49. The predicted molar refractivity (Wildman–Crippen MR) is 56.4 cm³/mol. The molecule has 2 aliphatic rings. The van der Waals surface area contributed by atoms with Crippen LogP contribution in [-0.2, 0) is 19.1 Å². The lowest BCUT2D eigenvalue weighted by molar-refractivity contribution is -0.206. The Kier molecular flexibility index (Phi) is 2.74. The molecule has 0 N–H and O–H groups in total. The molecule has 0 spiro atoms. The van der Waals surface area contributed by atoms with Crippen molar-refractivity contribution in [2.45, 2.75) is 51.7 Å². The molecule has 0 amide bonds. The Bertz CT molecular complexity index is 369. The van der Waals surface area contributed by atoms with Gasteiger partial charge >= 0.3 is 11.9 Å². The van der Waals surface area contributed by atoms with Gasteiger partial charge in [-0.3, -0.25) is 4.79 Å². The zero-order valence-electron chi connectivity index (χ0n) is 9.67. The predicted octanol–water partition coefficient (Wildman–Crippen LogP) is 2.08.